The van der Waals surface area contributed by atoms with E-state index in [2.05, 4.69) is 42.5 Å². The van der Waals surface area contributed by atoms with Crippen LogP contribution < -0.4 is 26.2 Å². The van der Waals surface area contributed by atoms with Crippen molar-refractivity contribution in [2.75, 3.05) is 67.5 Å². The highest BCUT2D eigenvalue weighted by molar-refractivity contribution is 6.06. The number of fused-ring (bicyclic) bond motifs is 1. The number of hydrogen-bond acceptors (Lipinski definition) is 12. The molecular formula is C40H47F2N9O6. The number of primary amides is 1. The van der Waals surface area contributed by atoms with E-state index in [1.54, 1.807) is 11.0 Å². The van der Waals surface area contributed by atoms with Crippen LogP contribution in [0, 0.1) is 11.8 Å². The van der Waals surface area contributed by atoms with Crippen molar-refractivity contribution in [3.63, 3.8) is 0 Å². The van der Waals surface area contributed by atoms with E-state index in [9.17, 15) is 38.2 Å². The molecule has 0 spiro atoms. The fraction of sp³-hybridized carbons (Fsp3) is 0.500. The number of aliphatic hydroxyl groups excluding tert-OH is 2. The minimum atomic E-state index is -2.97. The SMILES string of the molecule is NC(=O)c1ncc(N2CCC(F)(F)C(CO)C2)nc1Nc1ccc(C2CCN(C[C@H]3CCN(c4ccc5c(c4)C(O)N(C4CCC(=O)NC4=O)C5=O)C3)CC2)cc1. The molecule has 6 N–H and O–H groups in total. The Morgan fingerprint density at radius 1 is 0.982 bits per heavy atom. The number of carbonyl (C=O) groups is 4. The van der Waals surface area contributed by atoms with Crippen molar-refractivity contribution in [3.8, 4) is 0 Å². The van der Waals surface area contributed by atoms with Gasteiger partial charge in [-0.15, -0.1) is 0 Å². The Bertz CT molecular complexity index is 2050. The summed E-state index contributed by atoms with van der Waals surface area (Å²) in [5.74, 6) is -5.03. The van der Waals surface area contributed by atoms with Crippen molar-refractivity contribution in [2.45, 2.75) is 62.6 Å². The first-order valence-corrected chi connectivity index (χ1v) is 19.6. The number of aliphatic hydroxyl groups is 2. The molecule has 0 radical (unpaired) electrons. The predicted octanol–water partition coefficient (Wildman–Crippen LogP) is 2.73. The highest BCUT2D eigenvalue weighted by Gasteiger charge is 2.46. The van der Waals surface area contributed by atoms with Crippen LogP contribution in [0.1, 0.15) is 82.6 Å². The van der Waals surface area contributed by atoms with Gasteiger partial charge in [0.25, 0.3) is 17.7 Å². The lowest BCUT2D eigenvalue weighted by molar-refractivity contribution is -0.139. The van der Waals surface area contributed by atoms with E-state index in [0.29, 0.717) is 34.5 Å². The average molecular weight is 788 g/mol. The second-order valence-electron chi connectivity index (χ2n) is 15.9. The van der Waals surface area contributed by atoms with Crippen molar-refractivity contribution in [1.82, 2.24) is 25.1 Å². The molecule has 4 fully saturated rings. The fourth-order valence-corrected chi connectivity index (χ4v) is 9.00. The lowest BCUT2D eigenvalue weighted by Gasteiger charge is -2.38. The van der Waals surface area contributed by atoms with Gasteiger partial charge in [-0.25, -0.2) is 18.7 Å². The predicted molar refractivity (Wildman–Crippen MR) is 205 cm³/mol. The van der Waals surface area contributed by atoms with Crippen LogP contribution >= 0.6 is 0 Å². The summed E-state index contributed by atoms with van der Waals surface area (Å²) < 4.78 is 28.4. The van der Waals surface area contributed by atoms with Crippen molar-refractivity contribution in [3.05, 3.63) is 71.0 Å². The van der Waals surface area contributed by atoms with E-state index in [4.69, 9.17) is 5.73 Å². The summed E-state index contributed by atoms with van der Waals surface area (Å²) in [7, 11) is 0. The van der Waals surface area contributed by atoms with Crippen LogP contribution in [0.3, 0.4) is 0 Å². The molecule has 302 valence electrons. The molecule has 4 saturated heterocycles. The molecule has 4 amide bonds. The Labute approximate surface area is 328 Å². The molecule has 1 aromatic heterocycles. The molecule has 17 heteroatoms. The molecule has 15 nitrogen and oxygen atoms in total. The van der Waals surface area contributed by atoms with Gasteiger partial charge in [0.05, 0.1) is 18.7 Å². The van der Waals surface area contributed by atoms with Crippen LogP contribution in [0.5, 0.6) is 0 Å². The lowest BCUT2D eigenvalue weighted by atomic mass is 9.89. The average Bonchev–Trinajstić information content (AvgIpc) is 3.76. The van der Waals surface area contributed by atoms with Gasteiger partial charge in [0.15, 0.2) is 17.7 Å². The number of imide groups is 1. The zero-order chi connectivity index (χ0) is 40.0. The first-order valence-electron chi connectivity index (χ1n) is 19.6. The van der Waals surface area contributed by atoms with Crippen LogP contribution in [0.4, 0.5) is 31.8 Å². The molecule has 3 aromatic rings. The third-order valence-corrected chi connectivity index (χ3v) is 12.3. The number of halogens is 2. The fourth-order valence-electron chi connectivity index (χ4n) is 9.00. The number of anilines is 4. The molecule has 3 unspecified atom stereocenters. The Morgan fingerprint density at radius 2 is 1.75 bits per heavy atom. The van der Waals surface area contributed by atoms with Gasteiger partial charge in [-0.1, -0.05) is 12.1 Å². The Hall–Kier alpha value is -5.26. The van der Waals surface area contributed by atoms with Gasteiger partial charge in [0.2, 0.25) is 11.8 Å². The number of nitrogens with zero attached hydrogens (tertiary/aromatic N) is 6. The molecule has 8 rings (SSSR count). The molecule has 6 heterocycles. The second kappa shape index (κ2) is 15.6. The summed E-state index contributed by atoms with van der Waals surface area (Å²) >= 11 is 0. The van der Waals surface area contributed by atoms with Crippen molar-refractivity contribution in [2.24, 2.45) is 17.6 Å². The highest BCUT2D eigenvalue weighted by atomic mass is 19.3. The summed E-state index contributed by atoms with van der Waals surface area (Å²) in [4.78, 5) is 65.8. The maximum Gasteiger partial charge on any atom is 0.271 e. The van der Waals surface area contributed by atoms with Gasteiger partial charge in [-0.05, 0) is 86.5 Å². The lowest BCUT2D eigenvalue weighted by Crippen LogP contribution is -2.53. The minimum Gasteiger partial charge on any atom is -0.396 e. The van der Waals surface area contributed by atoms with E-state index in [0.717, 1.165) is 57.7 Å². The summed E-state index contributed by atoms with van der Waals surface area (Å²) in [6.45, 7) is 3.91. The summed E-state index contributed by atoms with van der Waals surface area (Å²) in [5.41, 5.74) is 9.19. The summed E-state index contributed by atoms with van der Waals surface area (Å²) in [5, 5.41) is 26.1. The van der Waals surface area contributed by atoms with E-state index in [1.165, 1.54) is 16.7 Å². The smallest absolute Gasteiger partial charge is 0.271 e. The Kier molecular flexibility index (Phi) is 10.6. The third kappa shape index (κ3) is 7.75. The number of nitrogens with two attached hydrogens (primary N) is 1. The quantitative estimate of drug-likeness (QED) is 0.189. The maximum atomic E-state index is 14.2. The van der Waals surface area contributed by atoms with Gasteiger partial charge in [-0.2, -0.15) is 0 Å². The van der Waals surface area contributed by atoms with Crippen molar-refractivity contribution < 1.29 is 38.2 Å². The molecule has 5 aliphatic rings. The summed E-state index contributed by atoms with van der Waals surface area (Å²) in [6.07, 6.45) is 3.00. The minimum absolute atomic E-state index is 0.0290. The number of aromatic nitrogens is 2. The van der Waals surface area contributed by atoms with Gasteiger partial charge in [-0.3, -0.25) is 29.4 Å². The number of piperidine rings is 3. The molecule has 0 bridgehead atoms. The van der Waals surface area contributed by atoms with Gasteiger partial charge < -0.3 is 36.0 Å². The molecule has 5 aliphatic heterocycles. The van der Waals surface area contributed by atoms with Crippen LogP contribution in [0.25, 0.3) is 0 Å². The second-order valence-corrected chi connectivity index (χ2v) is 15.9. The van der Waals surface area contributed by atoms with Gasteiger partial charge >= 0.3 is 0 Å². The number of carbonyl (C=O) groups excluding carboxylic acids is 4. The van der Waals surface area contributed by atoms with Crippen LogP contribution in [-0.2, 0) is 9.59 Å². The molecule has 4 atom stereocenters. The standard InChI is InChI=1S/C40H47F2N9O6/c41-40(42)12-16-50(21-26(40)22-52)32-18-44-34(35(43)54)36(46-32)45-27-3-1-24(2-4-27)25-10-13-48(14-11-25)19-23-9-15-49(20-23)28-5-6-29-30(17-28)39(57)51(38(29)56)31-7-8-33(53)47-37(31)55/h1-6,17-18,23,25-26,31,39,52,57H,7-16,19-22H2,(H2,43,54)(H,45,46)(H,47,53,55)/t23-,26?,31?,39?/m1/s1. The number of likely N-dealkylation sites (tertiary alicyclic amines) is 1. The van der Waals surface area contributed by atoms with Gasteiger partial charge in [0, 0.05) is 68.1 Å². The first-order chi connectivity index (χ1) is 27.4. The topological polar surface area (TPSA) is 198 Å². The highest BCUT2D eigenvalue weighted by Crippen LogP contribution is 2.39. The Balaban J connectivity index is 0.835. The monoisotopic (exact) mass is 787 g/mol. The maximum absolute atomic E-state index is 14.2. The zero-order valence-electron chi connectivity index (χ0n) is 31.4. The van der Waals surface area contributed by atoms with E-state index in [-0.39, 0.29) is 43.4 Å². The third-order valence-electron chi connectivity index (χ3n) is 12.3. The molecule has 0 saturated carbocycles. The normalized spacial score (nSPS) is 25.5. The summed E-state index contributed by atoms with van der Waals surface area (Å²) in [6, 6.07) is 12.5. The molecular weight excluding hydrogens is 740 g/mol. The van der Waals surface area contributed by atoms with Crippen molar-refractivity contribution in [1.29, 1.82) is 0 Å². The van der Waals surface area contributed by atoms with Crippen LogP contribution in [0.2, 0.25) is 0 Å². The number of alkyl halides is 2. The van der Waals surface area contributed by atoms with E-state index in [1.807, 2.05) is 24.3 Å². The molecule has 2 aromatic carbocycles. The van der Waals surface area contributed by atoms with Gasteiger partial charge in [0.1, 0.15) is 11.9 Å². The largest absolute Gasteiger partial charge is 0.396 e. The molecule has 0 aliphatic carbocycles. The zero-order valence-corrected chi connectivity index (χ0v) is 31.4. The van der Waals surface area contributed by atoms with E-state index >= 15 is 0 Å². The number of hydrogen-bond donors (Lipinski definition) is 5. The van der Waals surface area contributed by atoms with E-state index < -0.39 is 54.9 Å². The van der Waals surface area contributed by atoms with Crippen molar-refractivity contribution >= 4 is 46.6 Å². The van der Waals surface area contributed by atoms with Crippen LogP contribution in [0.15, 0.2) is 48.7 Å². The number of benzene rings is 2. The number of amides is 4. The first kappa shape index (κ1) is 38.6. The molecule has 57 heavy (non-hydrogen) atoms. The number of nitrogens with one attached hydrogen (secondary N) is 2. The van der Waals surface area contributed by atoms with Crippen LogP contribution in [-0.4, -0.2) is 118 Å². The Morgan fingerprint density at radius 3 is 2.47 bits per heavy atom. The number of rotatable bonds is 10.